The Balaban J connectivity index is 2.10. The third-order valence-electron chi connectivity index (χ3n) is 3.46. The van der Waals surface area contributed by atoms with Crippen LogP contribution in [0.4, 0.5) is 5.82 Å². The summed E-state index contributed by atoms with van der Waals surface area (Å²) in [5.41, 5.74) is 1.28. The van der Waals surface area contributed by atoms with Gasteiger partial charge in [-0.1, -0.05) is 6.07 Å². The Morgan fingerprint density at radius 1 is 1.56 bits per heavy atom. The van der Waals surface area contributed by atoms with Gasteiger partial charge in [0, 0.05) is 38.5 Å². The molecule has 1 fully saturated rings. The van der Waals surface area contributed by atoms with Crippen molar-refractivity contribution in [2.45, 2.75) is 19.4 Å². The van der Waals surface area contributed by atoms with Gasteiger partial charge in [-0.25, -0.2) is 4.98 Å². The number of methoxy groups -OCH3 is 1. The molecule has 18 heavy (non-hydrogen) atoms. The average Bonchev–Trinajstić information content (AvgIpc) is 2.40. The minimum absolute atomic E-state index is 0.633. The van der Waals surface area contributed by atoms with Crippen LogP contribution in [0.1, 0.15) is 18.4 Å². The third kappa shape index (κ3) is 3.21. The predicted molar refractivity (Wildman–Crippen MR) is 73.8 cm³/mol. The number of nitrogens with zero attached hydrogens (tertiary/aromatic N) is 2. The van der Waals surface area contributed by atoms with Gasteiger partial charge in [-0.3, -0.25) is 0 Å². The van der Waals surface area contributed by atoms with Crippen LogP contribution in [0.25, 0.3) is 0 Å². The number of hydrogen-bond acceptors (Lipinski definition) is 4. The van der Waals surface area contributed by atoms with E-state index in [0.717, 1.165) is 32.1 Å². The van der Waals surface area contributed by atoms with Crippen LogP contribution in [0.15, 0.2) is 18.3 Å². The van der Waals surface area contributed by atoms with Crippen molar-refractivity contribution in [2.24, 2.45) is 5.92 Å². The highest BCUT2D eigenvalue weighted by molar-refractivity contribution is 5.47. The number of anilines is 1. The number of hydrogen-bond donors (Lipinski definition) is 1. The monoisotopic (exact) mass is 249 g/mol. The highest BCUT2D eigenvalue weighted by Gasteiger charge is 2.22. The van der Waals surface area contributed by atoms with Crippen LogP contribution in [-0.2, 0) is 11.3 Å². The van der Waals surface area contributed by atoms with E-state index in [-0.39, 0.29) is 0 Å². The van der Waals surface area contributed by atoms with Crippen molar-refractivity contribution in [1.29, 1.82) is 0 Å². The van der Waals surface area contributed by atoms with Crippen molar-refractivity contribution in [3.05, 3.63) is 23.9 Å². The first-order valence-electron chi connectivity index (χ1n) is 6.67. The van der Waals surface area contributed by atoms with Gasteiger partial charge in [0.25, 0.3) is 0 Å². The van der Waals surface area contributed by atoms with Crippen molar-refractivity contribution >= 4 is 5.82 Å². The standard InChI is InChI=1S/C14H23N3O/c1-15-9-13-6-3-7-16-14(13)17-8-4-5-12(10-17)11-18-2/h3,6-7,12,15H,4-5,8-11H2,1-2H3. The molecule has 1 aliphatic rings. The topological polar surface area (TPSA) is 37.4 Å². The van der Waals surface area contributed by atoms with Gasteiger partial charge in [-0.15, -0.1) is 0 Å². The van der Waals surface area contributed by atoms with E-state index in [1.54, 1.807) is 7.11 Å². The lowest BCUT2D eigenvalue weighted by atomic mass is 9.98. The second-order valence-electron chi connectivity index (χ2n) is 4.93. The van der Waals surface area contributed by atoms with Crippen LogP contribution in [0.5, 0.6) is 0 Å². The highest BCUT2D eigenvalue weighted by Crippen LogP contribution is 2.24. The van der Waals surface area contributed by atoms with E-state index in [9.17, 15) is 0 Å². The lowest BCUT2D eigenvalue weighted by Gasteiger charge is -2.34. The van der Waals surface area contributed by atoms with E-state index < -0.39 is 0 Å². The molecule has 4 nitrogen and oxygen atoms in total. The van der Waals surface area contributed by atoms with Crippen molar-refractivity contribution in [2.75, 3.05) is 38.8 Å². The third-order valence-corrected chi connectivity index (χ3v) is 3.46. The summed E-state index contributed by atoms with van der Waals surface area (Å²) >= 11 is 0. The van der Waals surface area contributed by atoms with E-state index in [2.05, 4.69) is 21.3 Å². The lowest BCUT2D eigenvalue weighted by molar-refractivity contribution is 0.143. The van der Waals surface area contributed by atoms with E-state index in [1.807, 2.05) is 19.3 Å². The van der Waals surface area contributed by atoms with Crippen molar-refractivity contribution in [3.8, 4) is 0 Å². The fraction of sp³-hybridized carbons (Fsp3) is 0.643. The minimum atomic E-state index is 0.633. The molecule has 1 aliphatic heterocycles. The number of pyridine rings is 1. The molecular weight excluding hydrogens is 226 g/mol. The molecule has 1 aromatic rings. The molecular formula is C14H23N3O. The molecule has 100 valence electrons. The second-order valence-corrected chi connectivity index (χ2v) is 4.93. The molecule has 4 heteroatoms. The molecule has 0 aromatic carbocycles. The summed E-state index contributed by atoms with van der Waals surface area (Å²) in [5, 5.41) is 3.21. The van der Waals surface area contributed by atoms with Gasteiger partial charge >= 0.3 is 0 Å². The Kier molecular flexibility index (Phi) is 4.96. The molecule has 0 bridgehead atoms. The number of rotatable bonds is 5. The van der Waals surface area contributed by atoms with Crippen LogP contribution in [-0.4, -0.2) is 38.8 Å². The van der Waals surface area contributed by atoms with E-state index in [1.165, 1.54) is 18.4 Å². The molecule has 2 heterocycles. The molecule has 0 aliphatic carbocycles. The second kappa shape index (κ2) is 6.71. The molecule has 0 spiro atoms. The van der Waals surface area contributed by atoms with Gasteiger partial charge in [0.05, 0.1) is 6.61 Å². The molecule has 0 radical (unpaired) electrons. The Morgan fingerprint density at radius 3 is 3.22 bits per heavy atom. The van der Waals surface area contributed by atoms with Gasteiger partial charge in [-0.05, 0) is 31.9 Å². The fourth-order valence-corrected chi connectivity index (χ4v) is 2.67. The van der Waals surface area contributed by atoms with Gasteiger partial charge in [-0.2, -0.15) is 0 Å². The molecule has 1 saturated heterocycles. The van der Waals surface area contributed by atoms with Crippen LogP contribution < -0.4 is 10.2 Å². The minimum Gasteiger partial charge on any atom is -0.384 e. The largest absolute Gasteiger partial charge is 0.384 e. The van der Waals surface area contributed by atoms with Gasteiger partial charge in [0.15, 0.2) is 0 Å². The summed E-state index contributed by atoms with van der Waals surface area (Å²) in [7, 11) is 3.76. The van der Waals surface area contributed by atoms with Gasteiger partial charge < -0.3 is 15.0 Å². The SMILES string of the molecule is CNCc1cccnc1N1CCCC(COC)C1. The first-order chi connectivity index (χ1) is 8.85. The molecule has 1 aromatic heterocycles. The predicted octanol–water partition coefficient (Wildman–Crippen LogP) is 1.66. The summed E-state index contributed by atoms with van der Waals surface area (Å²) < 4.78 is 5.28. The maximum atomic E-state index is 5.28. The maximum Gasteiger partial charge on any atom is 0.133 e. The average molecular weight is 249 g/mol. The fourth-order valence-electron chi connectivity index (χ4n) is 2.67. The Hall–Kier alpha value is -1.13. The zero-order valence-corrected chi connectivity index (χ0v) is 11.4. The van der Waals surface area contributed by atoms with Crippen LogP contribution in [0.3, 0.4) is 0 Å². The summed E-state index contributed by atoms with van der Waals surface area (Å²) in [6.45, 7) is 3.88. The Morgan fingerprint density at radius 2 is 2.44 bits per heavy atom. The molecule has 0 amide bonds. The molecule has 1 atom stereocenters. The zero-order valence-electron chi connectivity index (χ0n) is 11.4. The number of aromatic nitrogens is 1. The van der Waals surface area contributed by atoms with Gasteiger partial charge in [0.2, 0.25) is 0 Å². The Bertz CT molecular complexity index is 368. The summed E-state index contributed by atoms with van der Waals surface area (Å²) in [6, 6.07) is 4.16. The quantitative estimate of drug-likeness (QED) is 0.861. The van der Waals surface area contributed by atoms with E-state index in [0.29, 0.717) is 5.92 Å². The van der Waals surface area contributed by atoms with Crippen molar-refractivity contribution in [1.82, 2.24) is 10.3 Å². The van der Waals surface area contributed by atoms with Crippen LogP contribution in [0.2, 0.25) is 0 Å². The highest BCUT2D eigenvalue weighted by atomic mass is 16.5. The summed E-state index contributed by atoms with van der Waals surface area (Å²) in [5.74, 6) is 1.76. The Labute approximate surface area is 109 Å². The smallest absolute Gasteiger partial charge is 0.133 e. The normalized spacial score (nSPS) is 20.1. The first kappa shape index (κ1) is 13.3. The molecule has 1 N–H and O–H groups in total. The number of nitrogens with one attached hydrogen (secondary N) is 1. The lowest BCUT2D eigenvalue weighted by Crippen LogP contribution is -2.38. The maximum absolute atomic E-state index is 5.28. The molecule has 0 saturated carbocycles. The summed E-state index contributed by atoms with van der Waals surface area (Å²) in [4.78, 5) is 6.96. The molecule has 2 rings (SSSR count). The number of piperidine rings is 1. The van der Waals surface area contributed by atoms with E-state index >= 15 is 0 Å². The van der Waals surface area contributed by atoms with Crippen molar-refractivity contribution in [3.63, 3.8) is 0 Å². The van der Waals surface area contributed by atoms with E-state index in [4.69, 9.17) is 4.74 Å². The number of ether oxygens (including phenoxy) is 1. The van der Waals surface area contributed by atoms with Crippen molar-refractivity contribution < 1.29 is 4.74 Å². The summed E-state index contributed by atoms with van der Waals surface area (Å²) in [6.07, 6.45) is 4.37. The van der Waals surface area contributed by atoms with Crippen LogP contribution in [0, 0.1) is 5.92 Å². The first-order valence-corrected chi connectivity index (χ1v) is 6.67. The van der Waals surface area contributed by atoms with Gasteiger partial charge in [0.1, 0.15) is 5.82 Å². The molecule has 1 unspecified atom stereocenters. The van der Waals surface area contributed by atoms with Crippen LogP contribution >= 0.6 is 0 Å². The zero-order chi connectivity index (χ0) is 12.8.